The van der Waals surface area contributed by atoms with E-state index in [1.165, 1.54) is 56.2 Å². The molecule has 3 aliphatic rings. The number of rotatable bonds is 1. The number of fused-ring (bicyclic) bond motifs is 3. The molecule has 0 amide bonds. The summed E-state index contributed by atoms with van der Waals surface area (Å²) in [5.41, 5.74) is 2.67. The van der Waals surface area contributed by atoms with E-state index in [-0.39, 0.29) is 12.4 Å². The molecule has 1 saturated heterocycles. The van der Waals surface area contributed by atoms with Crippen molar-refractivity contribution in [3.63, 3.8) is 0 Å². The summed E-state index contributed by atoms with van der Waals surface area (Å²) in [5, 5.41) is 10.0. The average Bonchev–Trinajstić information content (AvgIpc) is 3.07. The Hall–Kier alpha value is -0.730. The Morgan fingerprint density at radius 3 is 2.65 bits per heavy atom. The molecule has 0 radical (unpaired) electrons. The largest absolute Gasteiger partial charge is 0.508 e. The van der Waals surface area contributed by atoms with Gasteiger partial charge in [0.1, 0.15) is 5.75 Å². The number of halogens is 1. The normalized spacial score (nSPS) is 29.8. The Balaban J connectivity index is 0.00000121. The van der Waals surface area contributed by atoms with Crippen molar-refractivity contribution in [2.75, 3.05) is 6.54 Å². The summed E-state index contributed by atoms with van der Waals surface area (Å²) in [6.07, 6.45) is 9.27. The molecule has 1 aliphatic heterocycles. The van der Waals surface area contributed by atoms with Crippen molar-refractivity contribution in [2.24, 2.45) is 0 Å². The molecule has 2 unspecified atom stereocenters. The fraction of sp³-hybridized carbons (Fsp3) is 0.647. The Labute approximate surface area is 127 Å². The van der Waals surface area contributed by atoms with Gasteiger partial charge < -0.3 is 5.11 Å². The first-order chi connectivity index (χ1) is 9.34. The zero-order valence-corrected chi connectivity index (χ0v) is 12.7. The van der Waals surface area contributed by atoms with Crippen molar-refractivity contribution < 1.29 is 5.11 Å². The Bertz CT molecular complexity index is 484. The van der Waals surface area contributed by atoms with E-state index in [9.17, 15) is 5.11 Å². The fourth-order valence-corrected chi connectivity index (χ4v) is 4.80. The molecule has 1 aromatic rings. The van der Waals surface area contributed by atoms with Gasteiger partial charge in [0.25, 0.3) is 0 Å². The van der Waals surface area contributed by atoms with E-state index in [1.807, 2.05) is 12.1 Å². The molecule has 20 heavy (non-hydrogen) atoms. The maximum Gasteiger partial charge on any atom is 0.119 e. The second-order valence-electron chi connectivity index (χ2n) is 6.52. The van der Waals surface area contributed by atoms with Crippen LogP contribution in [0.15, 0.2) is 18.2 Å². The highest BCUT2D eigenvalue weighted by Crippen LogP contribution is 2.45. The summed E-state index contributed by atoms with van der Waals surface area (Å²) >= 11 is 0. The van der Waals surface area contributed by atoms with Crippen LogP contribution >= 0.6 is 12.4 Å². The molecule has 2 nitrogen and oxygen atoms in total. The van der Waals surface area contributed by atoms with E-state index < -0.39 is 0 Å². The average molecular weight is 294 g/mol. The molecule has 2 aliphatic carbocycles. The highest BCUT2D eigenvalue weighted by atomic mass is 35.5. The molecule has 1 saturated carbocycles. The summed E-state index contributed by atoms with van der Waals surface area (Å²) in [6, 6.07) is 7.73. The van der Waals surface area contributed by atoms with E-state index in [1.54, 1.807) is 0 Å². The minimum absolute atomic E-state index is 0. The highest BCUT2D eigenvalue weighted by Gasteiger charge is 2.42. The molecule has 2 fully saturated rings. The van der Waals surface area contributed by atoms with Gasteiger partial charge in [-0.1, -0.05) is 25.0 Å². The third kappa shape index (κ3) is 2.14. The van der Waals surface area contributed by atoms with Crippen molar-refractivity contribution in [3.05, 3.63) is 29.3 Å². The van der Waals surface area contributed by atoms with Crippen LogP contribution in [0.25, 0.3) is 0 Å². The van der Waals surface area contributed by atoms with E-state index in [0.29, 0.717) is 11.7 Å². The van der Waals surface area contributed by atoms with Crippen LogP contribution in [0.3, 0.4) is 0 Å². The summed E-state index contributed by atoms with van der Waals surface area (Å²) in [5.74, 6) is 1.20. The second kappa shape index (κ2) is 5.57. The van der Waals surface area contributed by atoms with Gasteiger partial charge in [-0.3, -0.25) is 4.90 Å². The molecule has 4 rings (SSSR count). The van der Waals surface area contributed by atoms with E-state index in [2.05, 4.69) is 11.0 Å². The third-order valence-corrected chi connectivity index (χ3v) is 5.66. The highest BCUT2D eigenvalue weighted by molar-refractivity contribution is 5.85. The predicted molar refractivity (Wildman–Crippen MR) is 83.8 cm³/mol. The molecule has 110 valence electrons. The standard InChI is InChI=1S/C17H23NO.ClH/c19-17-7-3-6-13-14-10-11-18(12-4-1-2-5-12)16(14)9-8-15(13)17;/h3,6-7,12,14,16,19H,1-2,4-5,8-11H2;1H. The summed E-state index contributed by atoms with van der Waals surface area (Å²) in [7, 11) is 0. The Morgan fingerprint density at radius 2 is 1.85 bits per heavy atom. The first-order valence-electron chi connectivity index (χ1n) is 7.91. The number of phenols is 1. The Kier molecular flexibility index (Phi) is 3.96. The van der Waals surface area contributed by atoms with Gasteiger partial charge in [0.2, 0.25) is 0 Å². The zero-order chi connectivity index (χ0) is 12.8. The van der Waals surface area contributed by atoms with E-state index in [4.69, 9.17) is 0 Å². The van der Waals surface area contributed by atoms with E-state index >= 15 is 0 Å². The molecule has 1 heterocycles. The third-order valence-electron chi connectivity index (χ3n) is 5.66. The van der Waals surface area contributed by atoms with Crippen molar-refractivity contribution in [1.82, 2.24) is 4.90 Å². The topological polar surface area (TPSA) is 23.5 Å². The molecule has 0 aromatic heterocycles. The lowest BCUT2D eigenvalue weighted by molar-refractivity contribution is 0.163. The van der Waals surface area contributed by atoms with Crippen LogP contribution in [0.2, 0.25) is 0 Å². The van der Waals surface area contributed by atoms with Crippen molar-refractivity contribution in [3.8, 4) is 5.75 Å². The molecule has 0 spiro atoms. The minimum atomic E-state index is 0. The van der Waals surface area contributed by atoms with Crippen LogP contribution in [0.5, 0.6) is 5.75 Å². The van der Waals surface area contributed by atoms with Crippen LogP contribution in [-0.2, 0) is 6.42 Å². The summed E-state index contributed by atoms with van der Waals surface area (Å²) < 4.78 is 0. The van der Waals surface area contributed by atoms with Crippen LogP contribution in [0, 0.1) is 0 Å². The lowest BCUT2D eigenvalue weighted by Gasteiger charge is -2.36. The summed E-state index contributed by atoms with van der Waals surface area (Å²) in [6.45, 7) is 1.27. The van der Waals surface area contributed by atoms with Gasteiger partial charge in [0, 0.05) is 18.0 Å². The molecule has 1 N–H and O–H groups in total. The maximum absolute atomic E-state index is 10.0. The number of phenolic OH excluding ortho intramolecular Hbond substituents is 1. The monoisotopic (exact) mass is 293 g/mol. The molecular weight excluding hydrogens is 270 g/mol. The van der Waals surface area contributed by atoms with Crippen molar-refractivity contribution in [2.45, 2.75) is 62.9 Å². The van der Waals surface area contributed by atoms with Crippen LogP contribution in [0.4, 0.5) is 0 Å². The van der Waals surface area contributed by atoms with E-state index in [0.717, 1.165) is 18.5 Å². The molecule has 1 aromatic carbocycles. The van der Waals surface area contributed by atoms with Gasteiger partial charge in [0.05, 0.1) is 0 Å². The van der Waals surface area contributed by atoms with Crippen LogP contribution < -0.4 is 0 Å². The maximum atomic E-state index is 10.0. The second-order valence-corrected chi connectivity index (χ2v) is 6.52. The van der Waals surface area contributed by atoms with Crippen LogP contribution in [0.1, 0.15) is 55.6 Å². The number of likely N-dealkylation sites (tertiary alicyclic amines) is 1. The Morgan fingerprint density at radius 1 is 1.05 bits per heavy atom. The molecular formula is C17H24ClNO. The van der Waals surface area contributed by atoms with Gasteiger partial charge >= 0.3 is 0 Å². The fourth-order valence-electron chi connectivity index (χ4n) is 4.80. The first kappa shape index (κ1) is 14.2. The van der Waals surface area contributed by atoms with Crippen molar-refractivity contribution >= 4 is 12.4 Å². The number of aromatic hydroxyl groups is 1. The van der Waals surface area contributed by atoms with Gasteiger partial charge in [-0.25, -0.2) is 0 Å². The smallest absolute Gasteiger partial charge is 0.119 e. The van der Waals surface area contributed by atoms with Gasteiger partial charge in [0.15, 0.2) is 0 Å². The van der Waals surface area contributed by atoms with Crippen LogP contribution in [-0.4, -0.2) is 28.6 Å². The number of hydrogen-bond donors (Lipinski definition) is 1. The van der Waals surface area contributed by atoms with Gasteiger partial charge in [-0.2, -0.15) is 0 Å². The molecule has 2 atom stereocenters. The molecule has 3 heteroatoms. The lowest BCUT2D eigenvalue weighted by Crippen LogP contribution is -2.40. The summed E-state index contributed by atoms with van der Waals surface area (Å²) in [4.78, 5) is 2.81. The number of hydrogen-bond acceptors (Lipinski definition) is 2. The quantitative estimate of drug-likeness (QED) is 0.850. The molecule has 0 bridgehead atoms. The first-order valence-corrected chi connectivity index (χ1v) is 7.91. The lowest BCUT2D eigenvalue weighted by atomic mass is 9.79. The number of benzene rings is 1. The van der Waals surface area contributed by atoms with Crippen molar-refractivity contribution in [1.29, 1.82) is 0 Å². The number of nitrogens with zero attached hydrogens (tertiary/aromatic N) is 1. The SMILES string of the molecule is Cl.Oc1cccc2c1CCC1C2CCN1C1CCCC1. The van der Waals surface area contributed by atoms with Gasteiger partial charge in [-0.05, 0) is 55.8 Å². The predicted octanol–water partition coefficient (Wildman–Crippen LogP) is 3.86. The zero-order valence-electron chi connectivity index (χ0n) is 11.9. The minimum Gasteiger partial charge on any atom is -0.508 e. The van der Waals surface area contributed by atoms with Gasteiger partial charge in [-0.15, -0.1) is 12.4 Å².